The Kier molecular flexibility index (Phi) is 13.7. The van der Waals surface area contributed by atoms with Crippen molar-refractivity contribution in [1.29, 1.82) is 5.26 Å². The minimum Gasteiger partial charge on any atom is -0.493 e. The maximum Gasteiger partial charge on any atom is 0.142 e. The molecule has 1 atom stereocenters. The molecule has 2 heterocycles. The van der Waals surface area contributed by atoms with Gasteiger partial charge in [-0.3, -0.25) is 9.88 Å². The van der Waals surface area contributed by atoms with Gasteiger partial charge in [0, 0.05) is 55.8 Å². The van der Waals surface area contributed by atoms with Gasteiger partial charge in [-0.2, -0.15) is 5.26 Å². The van der Waals surface area contributed by atoms with E-state index < -0.39 is 6.04 Å². The van der Waals surface area contributed by atoms with E-state index in [4.69, 9.17) is 25.8 Å². The van der Waals surface area contributed by atoms with Crippen molar-refractivity contribution in [3.63, 3.8) is 0 Å². The Morgan fingerprint density at radius 1 is 0.941 bits per heavy atom. The fraction of sp³-hybridized carbons (Fsp3) is 0.400. The minimum atomic E-state index is -0.453. The third kappa shape index (κ3) is 9.98. The molecule has 1 aliphatic heterocycles. The van der Waals surface area contributed by atoms with Crippen LogP contribution in [-0.2, 0) is 19.8 Å². The Morgan fingerprint density at radius 2 is 1.69 bits per heavy atom. The predicted octanol–water partition coefficient (Wildman–Crippen LogP) is 5.67. The van der Waals surface area contributed by atoms with E-state index in [1.165, 1.54) is 6.20 Å². The van der Waals surface area contributed by atoms with Gasteiger partial charge >= 0.3 is 0 Å². The average molecular weight is 715 g/mol. The summed E-state index contributed by atoms with van der Waals surface area (Å²) in [7, 11) is 1.81. The molecule has 0 radical (unpaired) electrons. The van der Waals surface area contributed by atoms with Crippen molar-refractivity contribution in [3.05, 3.63) is 105 Å². The number of nitriles is 1. The molecule has 270 valence electrons. The van der Waals surface area contributed by atoms with Crippen LogP contribution in [0.25, 0.3) is 11.1 Å². The highest BCUT2D eigenvalue weighted by Gasteiger charge is 2.20. The first-order valence-electron chi connectivity index (χ1n) is 17.3. The molecular formula is C40H47ClN4O6. The lowest BCUT2D eigenvalue weighted by atomic mass is 9.93. The second kappa shape index (κ2) is 18.3. The Bertz CT molecular complexity index is 1810. The van der Waals surface area contributed by atoms with Gasteiger partial charge in [0.15, 0.2) is 0 Å². The second-order valence-electron chi connectivity index (χ2n) is 13.1. The van der Waals surface area contributed by atoms with Crippen molar-refractivity contribution in [2.75, 3.05) is 46.5 Å². The van der Waals surface area contributed by atoms with Gasteiger partial charge in [-0.05, 0) is 79.8 Å². The standard InChI is InChI=1S/C40H47ClN4O6/c1-27-31(7-4-8-35(27)36-9-5-10-38(28(36)2)49-14-6-12-45-13-11-34(48)22-45)26-51-40-17-39(50-25-30-15-29(18-42)19-43-20-30)32(16-37(40)41)21-44(3)33(23-46)24-47/h4-5,7-10,15-17,19-20,33-34,46-48H,6,11-14,21-26H2,1-3H3. The van der Waals surface area contributed by atoms with Gasteiger partial charge in [-0.15, -0.1) is 0 Å². The van der Waals surface area contributed by atoms with Crippen LogP contribution in [0.4, 0.5) is 0 Å². The van der Waals surface area contributed by atoms with Gasteiger partial charge < -0.3 is 34.4 Å². The van der Waals surface area contributed by atoms with Crippen LogP contribution in [0, 0.1) is 25.2 Å². The lowest BCUT2D eigenvalue weighted by Gasteiger charge is -2.26. The van der Waals surface area contributed by atoms with Crippen LogP contribution in [0.2, 0.25) is 5.02 Å². The number of ether oxygens (including phenoxy) is 3. The highest BCUT2D eigenvalue weighted by atomic mass is 35.5. The Balaban J connectivity index is 1.31. The summed E-state index contributed by atoms with van der Waals surface area (Å²) in [5.74, 6) is 1.83. The summed E-state index contributed by atoms with van der Waals surface area (Å²) in [6.07, 6.45) is 4.67. The van der Waals surface area contributed by atoms with Gasteiger partial charge in [0.1, 0.15) is 36.5 Å². The molecule has 0 spiro atoms. The monoisotopic (exact) mass is 714 g/mol. The van der Waals surface area contributed by atoms with Crippen LogP contribution in [0.1, 0.15) is 46.2 Å². The number of aliphatic hydroxyl groups is 3. The second-order valence-corrected chi connectivity index (χ2v) is 13.5. The van der Waals surface area contributed by atoms with Crippen molar-refractivity contribution >= 4 is 11.6 Å². The lowest BCUT2D eigenvalue weighted by Crippen LogP contribution is -2.37. The van der Waals surface area contributed by atoms with Crippen LogP contribution >= 0.6 is 11.6 Å². The molecule has 51 heavy (non-hydrogen) atoms. The van der Waals surface area contributed by atoms with Crippen LogP contribution in [0.5, 0.6) is 17.2 Å². The highest BCUT2D eigenvalue weighted by Crippen LogP contribution is 2.37. The van der Waals surface area contributed by atoms with Crippen LogP contribution < -0.4 is 14.2 Å². The zero-order valence-corrected chi connectivity index (χ0v) is 30.3. The molecule has 0 amide bonds. The van der Waals surface area contributed by atoms with Crippen LogP contribution in [-0.4, -0.2) is 88.8 Å². The van der Waals surface area contributed by atoms with Crippen molar-refractivity contribution < 1.29 is 29.5 Å². The summed E-state index contributed by atoms with van der Waals surface area (Å²) in [6.45, 7) is 7.75. The fourth-order valence-electron chi connectivity index (χ4n) is 6.30. The number of hydrogen-bond donors (Lipinski definition) is 3. The maximum absolute atomic E-state index is 9.79. The Labute approximate surface area is 305 Å². The van der Waals surface area contributed by atoms with E-state index in [0.717, 1.165) is 77.2 Å². The SMILES string of the molecule is Cc1c(COc2cc(OCc3cncc(C#N)c3)c(CN(C)C(CO)CO)cc2Cl)cccc1-c1cccc(OCCCN2CCC(O)C2)c1C. The van der Waals surface area contributed by atoms with E-state index in [1.54, 1.807) is 31.4 Å². The van der Waals surface area contributed by atoms with E-state index in [-0.39, 0.29) is 32.5 Å². The van der Waals surface area contributed by atoms with E-state index >= 15 is 0 Å². The van der Waals surface area contributed by atoms with Crippen molar-refractivity contribution in [3.8, 4) is 34.4 Å². The summed E-state index contributed by atoms with van der Waals surface area (Å²) < 4.78 is 18.8. The molecule has 1 aromatic heterocycles. The molecular weight excluding hydrogens is 668 g/mol. The van der Waals surface area contributed by atoms with E-state index in [9.17, 15) is 20.6 Å². The summed E-state index contributed by atoms with van der Waals surface area (Å²) in [4.78, 5) is 8.24. The molecule has 4 aromatic rings. The Morgan fingerprint density at radius 3 is 2.41 bits per heavy atom. The predicted molar refractivity (Wildman–Crippen MR) is 197 cm³/mol. The zero-order valence-electron chi connectivity index (χ0n) is 29.5. The molecule has 1 saturated heterocycles. The van der Waals surface area contributed by atoms with Crippen molar-refractivity contribution in [2.24, 2.45) is 0 Å². The van der Waals surface area contributed by atoms with Crippen LogP contribution in [0.3, 0.4) is 0 Å². The van der Waals surface area contributed by atoms with Crippen molar-refractivity contribution in [1.82, 2.24) is 14.8 Å². The normalized spacial score (nSPS) is 14.6. The van der Waals surface area contributed by atoms with E-state index in [2.05, 4.69) is 41.9 Å². The highest BCUT2D eigenvalue weighted by molar-refractivity contribution is 6.32. The van der Waals surface area contributed by atoms with Crippen LogP contribution in [0.15, 0.2) is 67.0 Å². The molecule has 0 aliphatic carbocycles. The number of nitrogens with zero attached hydrogens (tertiary/aromatic N) is 4. The van der Waals surface area contributed by atoms with Gasteiger partial charge in [-0.1, -0.05) is 41.9 Å². The molecule has 11 heteroatoms. The molecule has 1 unspecified atom stereocenters. The first-order valence-corrected chi connectivity index (χ1v) is 17.6. The molecule has 5 rings (SSSR count). The molecule has 0 bridgehead atoms. The third-order valence-corrected chi connectivity index (χ3v) is 9.72. The van der Waals surface area contributed by atoms with E-state index in [0.29, 0.717) is 35.2 Å². The number of rotatable bonds is 17. The third-order valence-electron chi connectivity index (χ3n) is 9.43. The van der Waals surface area contributed by atoms with Gasteiger partial charge in [-0.25, -0.2) is 0 Å². The first kappa shape index (κ1) is 38.0. The number of hydrogen-bond acceptors (Lipinski definition) is 10. The summed E-state index contributed by atoms with van der Waals surface area (Å²) >= 11 is 6.78. The average Bonchev–Trinajstić information content (AvgIpc) is 3.55. The molecule has 3 N–H and O–H groups in total. The molecule has 1 aliphatic rings. The summed E-state index contributed by atoms with van der Waals surface area (Å²) in [5.41, 5.74) is 7.26. The zero-order chi connectivity index (χ0) is 36.3. The molecule has 0 saturated carbocycles. The van der Waals surface area contributed by atoms with Crippen molar-refractivity contribution in [2.45, 2.75) is 58.6 Å². The topological polar surface area (TPSA) is 132 Å². The molecule has 10 nitrogen and oxygen atoms in total. The smallest absolute Gasteiger partial charge is 0.142 e. The quantitative estimate of drug-likeness (QED) is 0.118. The number of β-amino-alcohol motifs (C(OH)–C–C–N with tert-alkyl or cyclic N) is 1. The molecule has 3 aromatic carbocycles. The first-order chi connectivity index (χ1) is 24.7. The molecule has 1 fully saturated rings. The number of aromatic nitrogens is 1. The lowest BCUT2D eigenvalue weighted by molar-refractivity contribution is 0.0866. The largest absolute Gasteiger partial charge is 0.493 e. The van der Waals surface area contributed by atoms with Gasteiger partial charge in [0.25, 0.3) is 0 Å². The minimum absolute atomic E-state index is 0.162. The number of likely N-dealkylation sites (tertiary alicyclic amines) is 1. The summed E-state index contributed by atoms with van der Waals surface area (Å²) in [5, 5.41) is 38.9. The van der Waals surface area contributed by atoms with Gasteiger partial charge in [0.2, 0.25) is 0 Å². The summed E-state index contributed by atoms with van der Waals surface area (Å²) in [6, 6.07) is 19.2. The number of benzene rings is 3. The Hall–Kier alpha value is -4.21. The number of halogens is 1. The van der Waals surface area contributed by atoms with Gasteiger partial charge in [0.05, 0.1) is 42.6 Å². The van der Waals surface area contributed by atoms with E-state index in [1.807, 2.05) is 29.2 Å². The maximum atomic E-state index is 9.79. The number of pyridine rings is 1. The number of likely N-dealkylation sites (N-methyl/N-ethyl adjacent to an activating group) is 1. The fourth-order valence-corrected chi connectivity index (χ4v) is 6.54. The number of aliphatic hydroxyl groups excluding tert-OH is 3.